The Labute approximate surface area is 127 Å². The summed E-state index contributed by atoms with van der Waals surface area (Å²) in [4.78, 5) is 18.5. The number of H-pyrrole nitrogens is 1. The highest BCUT2D eigenvalue weighted by Crippen LogP contribution is 2.31. The molecule has 0 bridgehead atoms. The molecule has 6 heteroatoms. The van der Waals surface area contributed by atoms with Gasteiger partial charge in [-0.3, -0.25) is 4.79 Å². The van der Waals surface area contributed by atoms with E-state index in [0.717, 1.165) is 39.8 Å². The smallest absolute Gasteiger partial charge is 0.227 e. The van der Waals surface area contributed by atoms with Gasteiger partial charge in [0.1, 0.15) is 0 Å². The lowest BCUT2D eigenvalue weighted by Gasteiger charge is -2.22. The Hall–Kier alpha value is -0.330. The van der Waals surface area contributed by atoms with Crippen molar-refractivity contribution in [2.24, 2.45) is 0 Å². The van der Waals surface area contributed by atoms with E-state index in [9.17, 15) is 4.79 Å². The molecule has 1 amide bonds. The standard InChI is InChI=1S/C13H20N2OS3/c1-9-10(19-12(17)14-9)8-11(16)15-5-4-13(2,3)18-7-6-15/h4-8H2,1-3H3,(H,14,17). The molecule has 0 unspecified atom stereocenters. The van der Waals surface area contributed by atoms with Crippen LogP contribution in [0.5, 0.6) is 0 Å². The first kappa shape index (κ1) is 15.1. The molecule has 106 valence electrons. The van der Waals surface area contributed by atoms with Crippen LogP contribution >= 0.6 is 35.3 Å². The van der Waals surface area contributed by atoms with Gasteiger partial charge in [-0.05, 0) is 25.6 Å². The molecule has 1 aromatic rings. The van der Waals surface area contributed by atoms with Gasteiger partial charge in [-0.2, -0.15) is 11.8 Å². The summed E-state index contributed by atoms with van der Waals surface area (Å²) in [6, 6.07) is 0. The number of thioether (sulfide) groups is 1. The van der Waals surface area contributed by atoms with E-state index in [2.05, 4.69) is 18.8 Å². The average Bonchev–Trinajstić information content (AvgIpc) is 2.51. The summed E-state index contributed by atoms with van der Waals surface area (Å²) in [6.07, 6.45) is 1.54. The van der Waals surface area contributed by atoms with Gasteiger partial charge < -0.3 is 9.88 Å². The number of aryl methyl sites for hydroxylation is 1. The van der Waals surface area contributed by atoms with E-state index in [0.29, 0.717) is 6.42 Å². The van der Waals surface area contributed by atoms with Crippen molar-refractivity contribution >= 4 is 41.2 Å². The van der Waals surface area contributed by atoms with Crippen LogP contribution in [-0.2, 0) is 11.2 Å². The molecule has 1 saturated heterocycles. The largest absolute Gasteiger partial charge is 0.342 e. The van der Waals surface area contributed by atoms with Crippen LogP contribution in [0, 0.1) is 10.9 Å². The molecule has 3 nitrogen and oxygen atoms in total. The first-order valence-electron chi connectivity index (χ1n) is 6.48. The first-order valence-corrected chi connectivity index (χ1v) is 8.69. The van der Waals surface area contributed by atoms with Crippen LogP contribution < -0.4 is 0 Å². The van der Waals surface area contributed by atoms with E-state index in [1.54, 1.807) is 0 Å². The van der Waals surface area contributed by atoms with Crippen molar-refractivity contribution in [1.82, 2.24) is 9.88 Å². The Bertz CT molecular complexity index is 518. The molecular weight excluding hydrogens is 296 g/mol. The number of nitrogens with zero attached hydrogens (tertiary/aromatic N) is 1. The SMILES string of the molecule is Cc1[nH]c(=S)sc1CC(=O)N1CCSC(C)(C)CC1. The van der Waals surface area contributed by atoms with Crippen LogP contribution in [0.15, 0.2) is 0 Å². The van der Waals surface area contributed by atoms with E-state index in [1.165, 1.54) is 11.3 Å². The van der Waals surface area contributed by atoms with Crippen molar-refractivity contribution in [1.29, 1.82) is 0 Å². The molecule has 0 aliphatic carbocycles. The summed E-state index contributed by atoms with van der Waals surface area (Å²) >= 11 is 8.60. The number of hydrogen-bond donors (Lipinski definition) is 1. The monoisotopic (exact) mass is 316 g/mol. The number of aromatic nitrogens is 1. The summed E-state index contributed by atoms with van der Waals surface area (Å²) in [5.74, 6) is 1.26. The summed E-state index contributed by atoms with van der Waals surface area (Å²) < 4.78 is 1.04. The first-order chi connectivity index (χ1) is 8.87. The second kappa shape index (κ2) is 5.97. The van der Waals surface area contributed by atoms with Gasteiger partial charge >= 0.3 is 0 Å². The van der Waals surface area contributed by atoms with Crippen LogP contribution in [0.25, 0.3) is 0 Å². The highest BCUT2D eigenvalue weighted by Gasteiger charge is 2.26. The van der Waals surface area contributed by atoms with Crippen LogP contribution in [0.4, 0.5) is 0 Å². The maximum absolute atomic E-state index is 12.4. The molecule has 0 atom stereocenters. The third kappa shape index (κ3) is 4.07. The second-order valence-corrected chi connectivity index (χ2v) is 9.05. The Morgan fingerprint density at radius 2 is 2.21 bits per heavy atom. The minimum absolute atomic E-state index is 0.228. The van der Waals surface area contributed by atoms with Gasteiger partial charge in [0.25, 0.3) is 0 Å². The second-order valence-electron chi connectivity index (χ2n) is 5.48. The van der Waals surface area contributed by atoms with Crippen molar-refractivity contribution in [3.05, 3.63) is 14.5 Å². The fourth-order valence-corrected chi connectivity index (χ4v) is 4.51. The summed E-state index contributed by atoms with van der Waals surface area (Å²) in [5.41, 5.74) is 1.04. The minimum Gasteiger partial charge on any atom is -0.342 e. The number of rotatable bonds is 2. The molecule has 1 aromatic heterocycles. The van der Waals surface area contributed by atoms with Gasteiger partial charge in [0.15, 0.2) is 3.95 Å². The van der Waals surface area contributed by atoms with E-state index in [-0.39, 0.29) is 10.7 Å². The zero-order valence-corrected chi connectivity index (χ0v) is 14.1. The predicted molar refractivity (Wildman–Crippen MR) is 85.7 cm³/mol. The van der Waals surface area contributed by atoms with Gasteiger partial charge in [-0.25, -0.2) is 0 Å². The highest BCUT2D eigenvalue weighted by atomic mass is 32.2. The third-order valence-corrected chi connectivity index (χ3v) is 6.13. The topological polar surface area (TPSA) is 36.1 Å². The summed E-state index contributed by atoms with van der Waals surface area (Å²) in [6.45, 7) is 8.23. The van der Waals surface area contributed by atoms with Crippen LogP contribution in [0.3, 0.4) is 0 Å². The van der Waals surface area contributed by atoms with Crippen molar-refractivity contribution in [3.8, 4) is 0 Å². The van der Waals surface area contributed by atoms with E-state index in [4.69, 9.17) is 12.2 Å². The molecule has 19 heavy (non-hydrogen) atoms. The molecule has 0 saturated carbocycles. The van der Waals surface area contributed by atoms with Gasteiger partial charge in [0, 0.05) is 34.2 Å². The Morgan fingerprint density at radius 1 is 1.47 bits per heavy atom. The fourth-order valence-electron chi connectivity index (χ4n) is 2.12. The number of nitrogens with one attached hydrogen (secondary N) is 1. The van der Waals surface area contributed by atoms with Gasteiger partial charge in [0.2, 0.25) is 5.91 Å². The summed E-state index contributed by atoms with van der Waals surface area (Å²) in [5, 5.41) is 0. The predicted octanol–water partition coefficient (Wildman–Crippen LogP) is 3.40. The van der Waals surface area contributed by atoms with Gasteiger partial charge in [0.05, 0.1) is 6.42 Å². The molecule has 1 aliphatic rings. The zero-order chi connectivity index (χ0) is 14.0. The van der Waals surface area contributed by atoms with Crippen LogP contribution in [0.1, 0.15) is 30.8 Å². The van der Waals surface area contributed by atoms with Gasteiger partial charge in [-0.15, -0.1) is 11.3 Å². The quantitative estimate of drug-likeness (QED) is 0.850. The lowest BCUT2D eigenvalue weighted by molar-refractivity contribution is -0.130. The molecule has 1 aliphatic heterocycles. The molecule has 0 aromatic carbocycles. The van der Waals surface area contributed by atoms with Crippen molar-refractivity contribution in [2.75, 3.05) is 18.8 Å². The molecule has 0 radical (unpaired) electrons. The number of aromatic amines is 1. The van der Waals surface area contributed by atoms with Crippen LogP contribution in [0.2, 0.25) is 0 Å². The number of hydrogen-bond acceptors (Lipinski definition) is 4. The maximum Gasteiger partial charge on any atom is 0.227 e. The normalized spacial score (nSPS) is 19.2. The number of amides is 1. The fraction of sp³-hybridized carbons (Fsp3) is 0.692. The average molecular weight is 317 g/mol. The zero-order valence-electron chi connectivity index (χ0n) is 11.6. The van der Waals surface area contributed by atoms with Crippen molar-refractivity contribution < 1.29 is 4.79 Å². The van der Waals surface area contributed by atoms with Crippen LogP contribution in [-0.4, -0.2) is 39.4 Å². The molecule has 2 rings (SSSR count). The number of carbonyl (C=O) groups is 1. The minimum atomic E-state index is 0.228. The van der Waals surface area contributed by atoms with Crippen molar-refractivity contribution in [3.63, 3.8) is 0 Å². The summed E-state index contributed by atoms with van der Waals surface area (Å²) in [7, 11) is 0. The van der Waals surface area contributed by atoms with E-state index in [1.807, 2.05) is 23.6 Å². The van der Waals surface area contributed by atoms with Crippen molar-refractivity contribution in [2.45, 2.75) is 38.4 Å². The lowest BCUT2D eigenvalue weighted by Crippen LogP contribution is -2.34. The molecular formula is C13H20N2OS3. The van der Waals surface area contributed by atoms with E-state index >= 15 is 0 Å². The lowest BCUT2D eigenvalue weighted by atomic mass is 10.1. The number of carbonyl (C=O) groups excluding carboxylic acids is 1. The Kier molecular flexibility index (Phi) is 4.74. The molecule has 0 spiro atoms. The van der Waals surface area contributed by atoms with Gasteiger partial charge in [-0.1, -0.05) is 13.8 Å². The molecule has 2 heterocycles. The number of thiazole rings is 1. The van der Waals surface area contributed by atoms with E-state index < -0.39 is 0 Å². The Morgan fingerprint density at radius 3 is 2.84 bits per heavy atom. The molecule has 1 fully saturated rings. The Balaban J connectivity index is 2.00. The highest BCUT2D eigenvalue weighted by molar-refractivity contribution is 8.00. The maximum atomic E-state index is 12.4. The third-order valence-electron chi connectivity index (χ3n) is 3.43. The molecule has 1 N–H and O–H groups in total.